The van der Waals surface area contributed by atoms with Crippen molar-refractivity contribution in [1.82, 2.24) is 0 Å². The van der Waals surface area contributed by atoms with Gasteiger partial charge in [0.15, 0.2) is 11.5 Å². The van der Waals surface area contributed by atoms with Gasteiger partial charge in [-0.2, -0.15) is 0 Å². The molecule has 1 aromatic carbocycles. The van der Waals surface area contributed by atoms with Gasteiger partial charge in [-0.25, -0.2) is 8.78 Å². The third-order valence-electron chi connectivity index (χ3n) is 4.18. The van der Waals surface area contributed by atoms with E-state index in [-0.39, 0.29) is 22.8 Å². The van der Waals surface area contributed by atoms with Gasteiger partial charge < -0.3 is 13.9 Å². The summed E-state index contributed by atoms with van der Waals surface area (Å²) in [6.07, 6.45) is 2.57. The standard InChI is InChI=1S/C19H11F2NO5/c20-10-5-6-12(11(21)9-10)22-16(13-3-1-7-26-13)15(18(24)19(22)25)17(23)14-4-2-8-27-14/h1-9,16,24H. The van der Waals surface area contributed by atoms with Gasteiger partial charge in [0.05, 0.1) is 23.8 Å². The van der Waals surface area contributed by atoms with E-state index in [1.807, 2.05) is 0 Å². The first-order valence-corrected chi connectivity index (χ1v) is 7.82. The van der Waals surface area contributed by atoms with Gasteiger partial charge in [0, 0.05) is 6.07 Å². The monoisotopic (exact) mass is 371 g/mol. The molecule has 0 radical (unpaired) electrons. The molecule has 1 aliphatic rings. The van der Waals surface area contributed by atoms with Crippen molar-refractivity contribution in [3.8, 4) is 0 Å². The number of aliphatic hydroxyl groups is 1. The van der Waals surface area contributed by atoms with Crippen molar-refractivity contribution >= 4 is 17.4 Å². The van der Waals surface area contributed by atoms with Crippen molar-refractivity contribution in [2.24, 2.45) is 0 Å². The normalized spacial score (nSPS) is 17.0. The Morgan fingerprint density at radius 2 is 1.81 bits per heavy atom. The lowest BCUT2D eigenvalue weighted by atomic mass is 9.99. The van der Waals surface area contributed by atoms with Crippen molar-refractivity contribution in [1.29, 1.82) is 0 Å². The smallest absolute Gasteiger partial charge is 0.294 e. The number of hydrogen-bond donors (Lipinski definition) is 1. The molecule has 1 aliphatic heterocycles. The maximum Gasteiger partial charge on any atom is 0.294 e. The molecule has 0 bridgehead atoms. The zero-order valence-electron chi connectivity index (χ0n) is 13.6. The molecule has 0 saturated heterocycles. The first-order chi connectivity index (χ1) is 13.0. The van der Waals surface area contributed by atoms with Crippen molar-refractivity contribution < 1.29 is 32.3 Å². The number of carbonyl (C=O) groups excluding carboxylic acids is 2. The highest BCUT2D eigenvalue weighted by Crippen LogP contribution is 2.42. The molecule has 1 unspecified atom stereocenters. The minimum atomic E-state index is -1.25. The van der Waals surface area contributed by atoms with Crippen LogP contribution in [-0.4, -0.2) is 16.8 Å². The van der Waals surface area contributed by atoms with Gasteiger partial charge in [-0.3, -0.25) is 14.5 Å². The topological polar surface area (TPSA) is 83.9 Å². The molecule has 0 spiro atoms. The number of carbonyl (C=O) groups is 2. The highest BCUT2D eigenvalue weighted by molar-refractivity contribution is 6.20. The van der Waals surface area contributed by atoms with Crippen molar-refractivity contribution in [2.75, 3.05) is 4.90 Å². The van der Waals surface area contributed by atoms with Gasteiger partial charge in [-0.1, -0.05) is 0 Å². The highest BCUT2D eigenvalue weighted by atomic mass is 19.1. The van der Waals surface area contributed by atoms with Crippen LogP contribution in [0.5, 0.6) is 0 Å². The van der Waals surface area contributed by atoms with E-state index in [0.717, 1.165) is 17.0 Å². The van der Waals surface area contributed by atoms with Gasteiger partial charge in [0.2, 0.25) is 5.78 Å². The Kier molecular flexibility index (Phi) is 3.88. The first-order valence-electron chi connectivity index (χ1n) is 7.82. The van der Waals surface area contributed by atoms with Gasteiger partial charge in [-0.15, -0.1) is 0 Å². The molecule has 4 rings (SSSR count). The zero-order valence-corrected chi connectivity index (χ0v) is 13.6. The second-order valence-electron chi connectivity index (χ2n) is 5.76. The zero-order chi connectivity index (χ0) is 19.1. The lowest BCUT2D eigenvalue weighted by Gasteiger charge is -2.25. The number of anilines is 1. The van der Waals surface area contributed by atoms with Crippen molar-refractivity contribution in [3.63, 3.8) is 0 Å². The lowest BCUT2D eigenvalue weighted by molar-refractivity contribution is -0.117. The Morgan fingerprint density at radius 1 is 1.07 bits per heavy atom. The third kappa shape index (κ3) is 2.62. The Balaban J connectivity index is 1.89. The molecule has 2 aromatic heterocycles. The molecule has 1 amide bonds. The van der Waals surface area contributed by atoms with Crippen LogP contribution in [-0.2, 0) is 4.79 Å². The van der Waals surface area contributed by atoms with Crippen LogP contribution in [0.15, 0.2) is 75.2 Å². The average Bonchev–Trinajstić information content (AvgIpc) is 3.38. The average molecular weight is 371 g/mol. The van der Waals surface area contributed by atoms with Crippen LogP contribution in [0.2, 0.25) is 0 Å². The molecule has 136 valence electrons. The molecule has 8 heteroatoms. The summed E-state index contributed by atoms with van der Waals surface area (Å²) in [5, 5.41) is 10.4. The molecule has 0 saturated carbocycles. The van der Waals surface area contributed by atoms with E-state index in [1.54, 1.807) is 0 Å². The Morgan fingerprint density at radius 3 is 2.44 bits per heavy atom. The fourth-order valence-corrected chi connectivity index (χ4v) is 3.02. The van der Waals surface area contributed by atoms with E-state index in [9.17, 15) is 23.5 Å². The maximum absolute atomic E-state index is 14.4. The summed E-state index contributed by atoms with van der Waals surface area (Å²) in [5.74, 6) is -4.48. The summed E-state index contributed by atoms with van der Waals surface area (Å²) in [6.45, 7) is 0. The van der Waals surface area contributed by atoms with Gasteiger partial charge in [-0.05, 0) is 36.4 Å². The summed E-state index contributed by atoms with van der Waals surface area (Å²) in [4.78, 5) is 26.3. The van der Waals surface area contributed by atoms with E-state index < -0.39 is 35.1 Å². The molecule has 1 N–H and O–H groups in total. The van der Waals surface area contributed by atoms with Gasteiger partial charge in [0.1, 0.15) is 23.4 Å². The van der Waals surface area contributed by atoms with E-state index >= 15 is 0 Å². The predicted molar refractivity (Wildman–Crippen MR) is 88.0 cm³/mol. The summed E-state index contributed by atoms with van der Waals surface area (Å²) in [6, 6.07) is 7.20. The number of rotatable bonds is 4. The molecule has 6 nitrogen and oxygen atoms in total. The molecule has 1 atom stereocenters. The fourth-order valence-electron chi connectivity index (χ4n) is 3.02. The number of halogens is 2. The van der Waals surface area contributed by atoms with Crippen LogP contribution in [0, 0.1) is 11.6 Å². The fraction of sp³-hybridized carbons (Fsp3) is 0.0526. The molecule has 0 fully saturated rings. The molecule has 0 aliphatic carbocycles. The van der Waals surface area contributed by atoms with Crippen LogP contribution < -0.4 is 4.90 Å². The summed E-state index contributed by atoms with van der Waals surface area (Å²) >= 11 is 0. The largest absolute Gasteiger partial charge is 0.503 e. The van der Waals surface area contributed by atoms with Gasteiger partial charge >= 0.3 is 0 Å². The Hall–Kier alpha value is -3.68. The quantitative estimate of drug-likeness (QED) is 0.703. The molecule has 3 aromatic rings. The number of furan rings is 2. The minimum Gasteiger partial charge on any atom is -0.503 e. The lowest BCUT2D eigenvalue weighted by Crippen LogP contribution is -2.31. The van der Waals surface area contributed by atoms with E-state index in [0.29, 0.717) is 6.07 Å². The number of benzene rings is 1. The predicted octanol–water partition coefficient (Wildman–Crippen LogP) is 3.93. The van der Waals surface area contributed by atoms with Crippen molar-refractivity contribution in [3.05, 3.63) is 89.5 Å². The molecule has 27 heavy (non-hydrogen) atoms. The number of nitrogens with zero attached hydrogens (tertiary/aromatic N) is 1. The summed E-state index contributed by atoms with van der Waals surface area (Å²) < 4.78 is 38.0. The highest BCUT2D eigenvalue weighted by Gasteiger charge is 2.47. The summed E-state index contributed by atoms with van der Waals surface area (Å²) in [7, 11) is 0. The first kappa shape index (κ1) is 16.8. The van der Waals surface area contributed by atoms with Crippen molar-refractivity contribution in [2.45, 2.75) is 6.04 Å². The number of amides is 1. The second-order valence-corrected chi connectivity index (χ2v) is 5.76. The second kappa shape index (κ2) is 6.24. The molecule has 3 heterocycles. The SMILES string of the molecule is O=C(C1=C(O)C(=O)N(c2ccc(F)cc2F)C1c1ccco1)c1ccco1. The molecular weight excluding hydrogens is 360 g/mol. The van der Waals surface area contributed by atoms with E-state index in [4.69, 9.17) is 8.83 Å². The third-order valence-corrected chi connectivity index (χ3v) is 4.18. The van der Waals surface area contributed by atoms with Crippen LogP contribution in [0.3, 0.4) is 0 Å². The number of Topliss-reactive ketones (excluding diaryl/α,β-unsaturated/α-hetero) is 1. The number of hydrogen-bond acceptors (Lipinski definition) is 5. The van der Waals surface area contributed by atoms with Crippen LogP contribution in [0.1, 0.15) is 22.4 Å². The Bertz CT molecular complexity index is 1050. The maximum atomic E-state index is 14.4. The Labute approximate surface area is 150 Å². The number of aliphatic hydroxyl groups excluding tert-OH is 1. The summed E-state index contributed by atoms with van der Waals surface area (Å²) in [5.41, 5.74) is -0.634. The van der Waals surface area contributed by atoms with E-state index in [2.05, 4.69) is 0 Å². The minimum absolute atomic E-state index is 0.109. The van der Waals surface area contributed by atoms with Crippen LogP contribution in [0.4, 0.5) is 14.5 Å². The molecular formula is C19H11F2NO5. The van der Waals surface area contributed by atoms with Crippen LogP contribution >= 0.6 is 0 Å². The van der Waals surface area contributed by atoms with E-state index in [1.165, 1.54) is 36.8 Å². The van der Waals surface area contributed by atoms with Gasteiger partial charge in [0.25, 0.3) is 5.91 Å². The number of ketones is 1. The van der Waals surface area contributed by atoms with Crippen LogP contribution in [0.25, 0.3) is 0 Å².